The van der Waals surface area contributed by atoms with E-state index in [0.29, 0.717) is 30.8 Å². The first-order chi connectivity index (χ1) is 13.7. The summed E-state index contributed by atoms with van der Waals surface area (Å²) >= 11 is 0. The smallest absolute Gasteiger partial charge is 0.253 e. The minimum atomic E-state index is -0.127. The summed E-state index contributed by atoms with van der Waals surface area (Å²) in [4.78, 5) is 30.1. The standard InChI is InChI=1S/C21H19N5O2/c27-20(17-3-1-2-16-10-24-25-19(16)17)23-9-13-11-26(12-13)21(28)15-4-5-18-14(8-15)6-7-22-18/h1-8,10,13,22H,9,11-12H2,(H,23,27)(H,24,25). The van der Waals surface area contributed by atoms with Gasteiger partial charge in [0.25, 0.3) is 11.8 Å². The van der Waals surface area contributed by atoms with E-state index in [1.54, 1.807) is 12.3 Å². The average Bonchev–Trinajstić information content (AvgIpc) is 3.34. The predicted molar refractivity (Wildman–Crippen MR) is 106 cm³/mol. The highest BCUT2D eigenvalue weighted by Gasteiger charge is 2.31. The number of aromatic amines is 2. The van der Waals surface area contributed by atoms with Gasteiger partial charge in [-0.1, -0.05) is 12.1 Å². The third kappa shape index (κ3) is 2.81. The van der Waals surface area contributed by atoms with Gasteiger partial charge in [-0.15, -0.1) is 0 Å². The summed E-state index contributed by atoms with van der Waals surface area (Å²) < 4.78 is 0. The maximum absolute atomic E-state index is 12.6. The molecule has 0 unspecified atom stereocenters. The molecule has 0 spiro atoms. The number of carbonyl (C=O) groups excluding carboxylic acids is 2. The summed E-state index contributed by atoms with van der Waals surface area (Å²) in [5, 5.41) is 11.8. The molecule has 2 aromatic carbocycles. The van der Waals surface area contributed by atoms with E-state index in [1.807, 2.05) is 47.5 Å². The van der Waals surface area contributed by atoms with Gasteiger partial charge in [0, 0.05) is 53.6 Å². The fourth-order valence-corrected chi connectivity index (χ4v) is 3.72. The minimum Gasteiger partial charge on any atom is -0.361 e. The first-order valence-corrected chi connectivity index (χ1v) is 9.26. The van der Waals surface area contributed by atoms with E-state index in [0.717, 1.165) is 21.8 Å². The molecule has 5 rings (SSSR count). The van der Waals surface area contributed by atoms with Gasteiger partial charge in [-0.2, -0.15) is 5.10 Å². The molecule has 28 heavy (non-hydrogen) atoms. The van der Waals surface area contributed by atoms with Crippen LogP contribution in [0.3, 0.4) is 0 Å². The van der Waals surface area contributed by atoms with Crippen LogP contribution >= 0.6 is 0 Å². The number of hydrogen-bond donors (Lipinski definition) is 3. The molecule has 0 bridgehead atoms. The molecule has 7 nitrogen and oxygen atoms in total. The monoisotopic (exact) mass is 373 g/mol. The summed E-state index contributed by atoms with van der Waals surface area (Å²) in [7, 11) is 0. The molecule has 7 heteroatoms. The van der Waals surface area contributed by atoms with E-state index in [2.05, 4.69) is 20.5 Å². The maximum Gasteiger partial charge on any atom is 0.253 e. The summed E-state index contributed by atoms with van der Waals surface area (Å²) in [5.41, 5.74) is 3.04. The average molecular weight is 373 g/mol. The molecule has 4 aromatic rings. The molecule has 1 aliphatic heterocycles. The minimum absolute atomic E-state index is 0.0351. The molecule has 0 atom stereocenters. The maximum atomic E-state index is 12.6. The Morgan fingerprint density at radius 2 is 2.04 bits per heavy atom. The van der Waals surface area contributed by atoms with Gasteiger partial charge in [0.2, 0.25) is 0 Å². The van der Waals surface area contributed by atoms with Crippen LogP contribution in [0.1, 0.15) is 20.7 Å². The molecule has 140 valence electrons. The van der Waals surface area contributed by atoms with Crippen molar-refractivity contribution in [2.45, 2.75) is 0 Å². The second-order valence-electron chi connectivity index (χ2n) is 7.21. The van der Waals surface area contributed by atoms with Crippen LogP contribution in [0.5, 0.6) is 0 Å². The molecular weight excluding hydrogens is 354 g/mol. The number of H-pyrrole nitrogens is 2. The van der Waals surface area contributed by atoms with Gasteiger partial charge in [0.1, 0.15) is 0 Å². The first kappa shape index (κ1) is 16.6. The largest absolute Gasteiger partial charge is 0.361 e. The second-order valence-corrected chi connectivity index (χ2v) is 7.21. The zero-order valence-electron chi connectivity index (χ0n) is 15.1. The molecule has 2 aromatic heterocycles. The quantitative estimate of drug-likeness (QED) is 0.513. The van der Waals surface area contributed by atoms with Gasteiger partial charge in [-0.25, -0.2) is 0 Å². The Morgan fingerprint density at radius 3 is 2.93 bits per heavy atom. The second kappa shape index (κ2) is 6.53. The molecule has 3 heterocycles. The molecule has 0 saturated carbocycles. The van der Waals surface area contributed by atoms with Crippen LogP contribution in [-0.2, 0) is 0 Å². The van der Waals surface area contributed by atoms with E-state index in [4.69, 9.17) is 0 Å². The highest BCUT2D eigenvalue weighted by molar-refractivity contribution is 6.05. The topological polar surface area (TPSA) is 93.9 Å². The van der Waals surface area contributed by atoms with Gasteiger partial charge in [0.15, 0.2) is 0 Å². The Kier molecular flexibility index (Phi) is 3.86. The third-order valence-corrected chi connectivity index (χ3v) is 5.32. The van der Waals surface area contributed by atoms with Crippen LogP contribution < -0.4 is 5.32 Å². The van der Waals surface area contributed by atoms with Crippen LogP contribution in [0.15, 0.2) is 54.9 Å². The fraction of sp³-hybridized carbons (Fsp3) is 0.190. The number of hydrogen-bond acceptors (Lipinski definition) is 3. The Bertz CT molecular complexity index is 1190. The lowest BCUT2D eigenvalue weighted by atomic mass is 9.98. The first-order valence-electron chi connectivity index (χ1n) is 9.26. The van der Waals surface area contributed by atoms with Crippen molar-refractivity contribution >= 4 is 33.6 Å². The number of fused-ring (bicyclic) bond motifs is 2. The van der Waals surface area contributed by atoms with Crippen LogP contribution in [0.2, 0.25) is 0 Å². The lowest BCUT2D eigenvalue weighted by Crippen LogP contribution is -2.53. The molecule has 3 N–H and O–H groups in total. The number of nitrogens with zero attached hydrogens (tertiary/aromatic N) is 2. The van der Waals surface area contributed by atoms with E-state index >= 15 is 0 Å². The summed E-state index contributed by atoms with van der Waals surface area (Å²) in [6, 6.07) is 13.2. The fourth-order valence-electron chi connectivity index (χ4n) is 3.72. The Morgan fingerprint density at radius 1 is 1.14 bits per heavy atom. The van der Waals surface area contributed by atoms with Crippen molar-refractivity contribution in [3.8, 4) is 0 Å². The predicted octanol–water partition coefficient (Wildman–Crippen LogP) is 2.55. The number of para-hydroxylation sites is 1. The Balaban J connectivity index is 1.18. The van der Waals surface area contributed by atoms with Crippen molar-refractivity contribution in [3.63, 3.8) is 0 Å². The highest BCUT2D eigenvalue weighted by Crippen LogP contribution is 2.21. The van der Waals surface area contributed by atoms with Gasteiger partial charge in [-0.05, 0) is 30.3 Å². The van der Waals surface area contributed by atoms with Crippen LogP contribution in [-0.4, -0.2) is 51.5 Å². The summed E-state index contributed by atoms with van der Waals surface area (Å²) in [5.74, 6) is 0.176. The van der Waals surface area contributed by atoms with Crippen molar-refractivity contribution in [2.24, 2.45) is 5.92 Å². The molecular formula is C21H19N5O2. The molecule has 1 fully saturated rings. The van der Waals surface area contributed by atoms with Gasteiger partial charge in [-0.3, -0.25) is 14.7 Å². The number of likely N-dealkylation sites (tertiary alicyclic amines) is 1. The zero-order valence-corrected chi connectivity index (χ0v) is 15.1. The lowest BCUT2D eigenvalue weighted by molar-refractivity contribution is 0.0498. The number of nitrogens with one attached hydrogen (secondary N) is 3. The lowest BCUT2D eigenvalue weighted by Gasteiger charge is -2.39. The SMILES string of the molecule is O=C(NCC1CN(C(=O)c2ccc3[nH]ccc3c2)C1)c1cccc2cn[nH]c12. The molecule has 0 radical (unpaired) electrons. The number of aromatic nitrogens is 3. The Hall–Kier alpha value is -3.61. The van der Waals surface area contributed by atoms with Crippen LogP contribution in [0.25, 0.3) is 21.8 Å². The highest BCUT2D eigenvalue weighted by atomic mass is 16.2. The van der Waals surface area contributed by atoms with E-state index in [1.165, 1.54) is 0 Å². The molecule has 1 aliphatic rings. The van der Waals surface area contributed by atoms with Gasteiger partial charge < -0.3 is 15.2 Å². The molecule has 0 aliphatic carbocycles. The van der Waals surface area contributed by atoms with E-state index < -0.39 is 0 Å². The van der Waals surface area contributed by atoms with Crippen LogP contribution in [0, 0.1) is 5.92 Å². The van der Waals surface area contributed by atoms with Crippen molar-refractivity contribution in [1.82, 2.24) is 25.4 Å². The third-order valence-electron chi connectivity index (χ3n) is 5.32. The van der Waals surface area contributed by atoms with Crippen molar-refractivity contribution in [1.29, 1.82) is 0 Å². The zero-order chi connectivity index (χ0) is 19.1. The van der Waals surface area contributed by atoms with E-state index in [-0.39, 0.29) is 17.7 Å². The Labute approximate surface area is 160 Å². The van der Waals surface area contributed by atoms with E-state index in [9.17, 15) is 9.59 Å². The van der Waals surface area contributed by atoms with Gasteiger partial charge >= 0.3 is 0 Å². The number of carbonyl (C=O) groups is 2. The molecule has 1 saturated heterocycles. The van der Waals surface area contributed by atoms with Crippen LogP contribution in [0.4, 0.5) is 0 Å². The van der Waals surface area contributed by atoms with Crippen molar-refractivity contribution < 1.29 is 9.59 Å². The van der Waals surface area contributed by atoms with Crippen molar-refractivity contribution in [3.05, 3.63) is 66.0 Å². The number of amides is 2. The summed E-state index contributed by atoms with van der Waals surface area (Å²) in [6.07, 6.45) is 3.57. The van der Waals surface area contributed by atoms with Crippen molar-refractivity contribution in [2.75, 3.05) is 19.6 Å². The normalized spacial score (nSPS) is 14.4. The number of benzene rings is 2. The van der Waals surface area contributed by atoms with Gasteiger partial charge in [0.05, 0.1) is 17.3 Å². The molecule has 2 amide bonds. The number of rotatable bonds is 4. The summed E-state index contributed by atoms with van der Waals surface area (Å²) in [6.45, 7) is 1.85.